The van der Waals surface area contributed by atoms with E-state index in [1.807, 2.05) is 12.1 Å². The second-order valence-corrected chi connectivity index (χ2v) is 4.27. The number of hydrogen-bond donors (Lipinski definition) is 1. The van der Waals surface area contributed by atoms with Crippen molar-refractivity contribution >= 4 is 11.8 Å². The molecule has 0 aliphatic carbocycles. The molecule has 1 aromatic rings. The van der Waals surface area contributed by atoms with Gasteiger partial charge in [0.15, 0.2) is 0 Å². The van der Waals surface area contributed by atoms with E-state index in [1.54, 1.807) is 19.1 Å². The molecule has 18 heavy (non-hydrogen) atoms. The normalized spacial score (nSPS) is 11.9. The van der Waals surface area contributed by atoms with Gasteiger partial charge in [-0.3, -0.25) is 9.59 Å². The fourth-order valence-electron chi connectivity index (χ4n) is 1.40. The van der Waals surface area contributed by atoms with Crippen LogP contribution in [0.1, 0.15) is 25.8 Å². The SMILES string of the molecule is CC(=O)C(C)C(=O)OCCCc1ccc(O)cc1. The van der Waals surface area contributed by atoms with Crippen molar-refractivity contribution in [3.8, 4) is 5.75 Å². The number of rotatable bonds is 6. The van der Waals surface area contributed by atoms with E-state index < -0.39 is 11.9 Å². The van der Waals surface area contributed by atoms with Crippen molar-refractivity contribution in [2.75, 3.05) is 6.61 Å². The van der Waals surface area contributed by atoms with Gasteiger partial charge in [0, 0.05) is 0 Å². The molecule has 4 nitrogen and oxygen atoms in total. The minimum absolute atomic E-state index is 0.182. The highest BCUT2D eigenvalue weighted by molar-refractivity contribution is 5.97. The summed E-state index contributed by atoms with van der Waals surface area (Å²) in [6.45, 7) is 3.23. The van der Waals surface area contributed by atoms with Crippen molar-refractivity contribution in [3.05, 3.63) is 29.8 Å². The van der Waals surface area contributed by atoms with E-state index in [2.05, 4.69) is 0 Å². The van der Waals surface area contributed by atoms with E-state index in [0.717, 1.165) is 12.0 Å². The molecule has 1 rings (SSSR count). The Bertz CT molecular complexity index is 408. The number of phenolic OH excluding ortho intramolecular Hbond substituents is 1. The van der Waals surface area contributed by atoms with E-state index in [-0.39, 0.29) is 11.5 Å². The van der Waals surface area contributed by atoms with Gasteiger partial charge >= 0.3 is 5.97 Å². The number of Topliss-reactive ketones (excluding diaryl/α,β-unsaturated/α-hetero) is 1. The number of phenols is 1. The number of carbonyl (C=O) groups excluding carboxylic acids is 2. The molecule has 0 aliphatic heterocycles. The molecule has 0 aromatic heterocycles. The molecule has 0 aliphatic rings. The number of hydrogen-bond acceptors (Lipinski definition) is 4. The first-order chi connectivity index (χ1) is 8.50. The summed E-state index contributed by atoms with van der Waals surface area (Å²) in [5, 5.41) is 9.11. The summed E-state index contributed by atoms with van der Waals surface area (Å²) in [6.07, 6.45) is 1.46. The topological polar surface area (TPSA) is 63.6 Å². The van der Waals surface area contributed by atoms with Crippen LogP contribution in [0.25, 0.3) is 0 Å². The van der Waals surface area contributed by atoms with Crippen molar-refractivity contribution in [1.29, 1.82) is 0 Å². The van der Waals surface area contributed by atoms with Gasteiger partial charge in [-0.2, -0.15) is 0 Å². The van der Waals surface area contributed by atoms with Crippen molar-refractivity contribution in [2.45, 2.75) is 26.7 Å². The zero-order chi connectivity index (χ0) is 13.5. The van der Waals surface area contributed by atoms with Crippen molar-refractivity contribution < 1.29 is 19.4 Å². The van der Waals surface area contributed by atoms with Gasteiger partial charge in [0.1, 0.15) is 17.5 Å². The number of aryl methyl sites for hydroxylation is 1. The Labute approximate surface area is 107 Å². The summed E-state index contributed by atoms with van der Waals surface area (Å²) in [5.41, 5.74) is 1.07. The van der Waals surface area contributed by atoms with Crippen LogP contribution in [0.15, 0.2) is 24.3 Å². The number of carbonyl (C=O) groups is 2. The lowest BCUT2D eigenvalue weighted by Gasteiger charge is -2.08. The van der Waals surface area contributed by atoms with E-state index in [9.17, 15) is 9.59 Å². The van der Waals surface area contributed by atoms with E-state index in [0.29, 0.717) is 13.0 Å². The molecule has 0 saturated heterocycles. The molecule has 0 bridgehead atoms. The Kier molecular flexibility index (Phi) is 5.36. The van der Waals surface area contributed by atoms with Crippen molar-refractivity contribution in [3.63, 3.8) is 0 Å². The molecule has 0 spiro atoms. The third-order valence-corrected chi connectivity index (χ3v) is 2.75. The lowest BCUT2D eigenvalue weighted by Crippen LogP contribution is -2.21. The third-order valence-electron chi connectivity index (χ3n) is 2.75. The van der Waals surface area contributed by atoms with Crippen LogP contribution in [0.3, 0.4) is 0 Å². The van der Waals surface area contributed by atoms with Gasteiger partial charge in [-0.05, 0) is 44.4 Å². The molecule has 1 unspecified atom stereocenters. The molecular weight excluding hydrogens is 232 g/mol. The highest BCUT2D eigenvalue weighted by Crippen LogP contribution is 2.11. The maximum Gasteiger partial charge on any atom is 0.316 e. The van der Waals surface area contributed by atoms with Crippen molar-refractivity contribution in [1.82, 2.24) is 0 Å². The standard InChI is InChI=1S/C14H18O4/c1-10(11(2)15)14(17)18-9-3-4-12-5-7-13(16)8-6-12/h5-8,10,16H,3-4,9H2,1-2H3. The smallest absolute Gasteiger partial charge is 0.316 e. The van der Waals surface area contributed by atoms with Gasteiger partial charge in [0.05, 0.1) is 6.61 Å². The predicted octanol–water partition coefficient (Wildman–Crippen LogP) is 2.09. The van der Waals surface area contributed by atoms with Crippen LogP contribution in [0.5, 0.6) is 5.75 Å². The summed E-state index contributed by atoms with van der Waals surface area (Å²) in [6, 6.07) is 6.91. The van der Waals surface area contributed by atoms with Gasteiger partial charge in [0.2, 0.25) is 0 Å². The Balaban J connectivity index is 2.25. The highest BCUT2D eigenvalue weighted by atomic mass is 16.5. The fraction of sp³-hybridized carbons (Fsp3) is 0.429. The van der Waals surface area contributed by atoms with Gasteiger partial charge < -0.3 is 9.84 Å². The molecule has 0 fully saturated rings. The molecular formula is C14H18O4. The van der Waals surface area contributed by atoms with Gasteiger partial charge in [-0.25, -0.2) is 0 Å². The minimum atomic E-state index is -0.682. The summed E-state index contributed by atoms with van der Waals surface area (Å²) in [5.74, 6) is -1.09. The summed E-state index contributed by atoms with van der Waals surface area (Å²) in [7, 11) is 0. The van der Waals surface area contributed by atoms with Crippen LogP contribution in [-0.4, -0.2) is 23.5 Å². The number of ketones is 1. The summed E-state index contributed by atoms with van der Waals surface area (Å²) < 4.78 is 5.00. The number of aromatic hydroxyl groups is 1. The van der Waals surface area contributed by atoms with Crippen LogP contribution in [0, 0.1) is 5.92 Å². The zero-order valence-electron chi connectivity index (χ0n) is 10.7. The molecule has 4 heteroatoms. The minimum Gasteiger partial charge on any atom is -0.508 e. The maximum absolute atomic E-state index is 11.4. The van der Waals surface area contributed by atoms with Crippen LogP contribution < -0.4 is 0 Å². The van der Waals surface area contributed by atoms with Gasteiger partial charge in [-0.15, -0.1) is 0 Å². The first-order valence-corrected chi connectivity index (χ1v) is 5.95. The van der Waals surface area contributed by atoms with Gasteiger partial charge in [-0.1, -0.05) is 12.1 Å². The molecule has 0 amide bonds. The van der Waals surface area contributed by atoms with Crippen molar-refractivity contribution in [2.24, 2.45) is 5.92 Å². The molecule has 0 radical (unpaired) electrons. The lowest BCUT2D eigenvalue weighted by molar-refractivity contribution is -0.150. The van der Waals surface area contributed by atoms with E-state index in [1.165, 1.54) is 6.92 Å². The quantitative estimate of drug-likeness (QED) is 0.477. The molecule has 98 valence electrons. The van der Waals surface area contributed by atoms with E-state index >= 15 is 0 Å². The molecule has 0 saturated carbocycles. The Morgan fingerprint density at radius 3 is 2.44 bits per heavy atom. The number of benzene rings is 1. The molecule has 1 aromatic carbocycles. The largest absolute Gasteiger partial charge is 0.508 e. The Hall–Kier alpha value is -1.84. The molecule has 0 heterocycles. The zero-order valence-corrected chi connectivity index (χ0v) is 10.7. The summed E-state index contributed by atoms with van der Waals surface area (Å²) >= 11 is 0. The average molecular weight is 250 g/mol. The lowest BCUT2D eigenvalue weighted by atomic mass is 10.1. The second kappa shape index (κ2) is 6.79. The number of ether oxygens (including phenoxy) is 1. The molecule has 1 N–H and O–H groups in total. The third kappa shape index (κ3) is 4.57. The molecule has 1 atom stereocenters. The second-order valence-electron chi connectivity index (χ2n) is 4.27. The Morgan fingerprint density at radius 2 is 1.89 bits per heavy atom. The highest BCUT2D eigenvalue weighted by Gasteiger charge is 2.18. The first-order valence-electron chi connectivity index (χ1n) is 5.95. The van der Waals surface area contributed by atoms with Gasteiger partial charge in [0.25, 0.3) is 0 Å². The van der Waals surface area contributed by atoms with Crippen LogP contribution in [0.4, 0.5) is 0 Å². The van der Waals surface area contributed by atoms with E-state index in [4.69, 9.17) is 9.84 Å². The first kappa shape index (κ1) is 14.2. The van der Waals surface area contributed by atoms with Crippen LogP contribution in [-0.2, 0) is 20.7 Å². The monoisotopic (exact) mass is 250 g/mol. The fourth-order valence-corrected chi connectivity index (χ4v) is 1.40. The summed E-state index contributed by atoms with van der Waals surface area (Å²) in [4.78, 5) is 22.3. The Morgan fingerprint density at radius 1 is 1.28 bits per heavy atom. The predicted molar refractivity (Wildman–Crippen MR) is 67.2 cm³/mol. The van der Waals surface area contributed by atoms with Crippen LogP contribution in [0.2, 0.25) is 0 Å². The van der Waals surface area contributed by atoms with Crippen LogP contribution >= 0.6 is 0 Å². The average Bonchev–Trinajstić information content (AvgIpc) is 2.35. The number of esters is 1. The maximum atomic E-state index is 11.4.